The van der Waals surface area contributed by atoms with Crippen LogP contribution in [0.15, 0.2) is 39.9 Å². The third-order valence-corrected chi connectivity index (χ3v) is 6.10. The fraction of sp³-hybridized carbons (Fsp3) is 0.423. The molecule has 0 bridgehead atoms. The molecule has 3 aromatic heterocycles. The van der Waals surface area contributed by atoms with Crippen LogP contribution in [0.2, 0.25) is 0 Å². The molecule has 0 saturated heterocycles. The highest BCUT2D eigenvalue weighted by atomic mass is 16.2. The van der Waals surface area contributed by atoms with Crippen LogP contribution < -0.4 is 16.6 Å². The summed E-state index contributed by atoms with van der Waals surface area (Å²) in [6, 6.07) is 9.75. The number of H-pyrrole nitrogens is 2. The zero-order valence-corrected chi connectivity index (χ0v) is 21.2. The van der Waals surface area contributed by atoms with Crippen LogP contribution in [0, 0.1) is 12.8 Å². The minimum absolute atomic E-state index is 0.158. The van der Waals surface area contributed by atoms with Crippen molar-refractivity contribution >= 4 is 22.9 Å². The molecular weight excluding hydrogens is 458 g/mol. The van der Waals surface area contributed by atoms with Gasteiger partial charge in [-0.1, -0.05) is 51.5 Å². The van der Waals surface area contributed by atoms with Gasteiger partial charge in [0.15, 0.2) is 17.0 Å². The summed E-state index contributed by atoms with van der Waals surface area (Å²) in [4.78, 5) is 45.1. The normalized spacial score (nSPS) is 11.5. The summed E-state index contributed by atoms with van der Waals surface area (Å²) in [5.74, 6) is 1.09. The molecule has 0 aliphatic heterocycles. The standard InChI is InChI=1S/C26H33N7O3/c1-5-6-13-32-24-23(25(35)29-26(32)36)33(15-16(2)3)21(28-24)11-12-22(34)27-20-14-19(30-31-20)18-10-8-7-9-17(18)4/h7-10,14,16H,5-6,11-13,15H2,1-4H3,(H,29,35,36)(H2,27,30,31,34). The number of anilines is 1. The zero-order valence-electron chi connectivity index (χ0n) is 21.2. The molecule has 0 fully saturated rings. The van der Waals surface area contributed by atoms with Crippen molar-refractivity contribution in [1.29, 1.82) is 0 Å². The summed E-state index contributed by atoms with van der Waals surface area (Å²) in [7, 11) is 0. The Labute approximate surface area is 208 Å². The summed E-state index contributed by atoms with van der Waals surface area (Å²) < 4.78 is 3.37. The zero-order chi connectivity index (χ0) is 25.8. The number of aryl methyl sites for hydroxylation is 3. The third kappa shape index (κ3) is 5.32. The van der Waals surface area contributed by atoms with Gasteiger partial charge in [0.25, 0.3) is 5.56 Å². The van der Waals surface area contributed by atoms with E-state index in [9.17, 15) is 14.4 Å². The topological polar surface area (TPSA) is 130 Å². The van der Waals surface area contributed by atoms with E-state index in [0.717, 1.165) is 29.7 Å². The lowest BCUT2D eigenvalue weighted by Crippen LogP contribution is -2.31. The second kappa shape index (κ2) is 10.8. The average molecular weight is 492 g/mol. The van der Waals surface area contributed by atoms with Crippen molar-refractivity contribution in [3.63, 3.8) is 0 Å². The lowest BCUT2D eigenvalue weighted by atomic mass is 10.1. The lowest BCUT2D eigenvalue weighted by molar-refractivity contribution is -0.116. The molecule has 0 atom stereocenters. The minimum atomic E-state index is -0.456. The van der Waals surface area contributed by atoms with Gasteiger partial charge in [-0.05, 0) is 24.8 Å². The van der Waals surface area contributed by atoms with Crippen molar-refractivity contribution in [3.8, 4) is 11.3 Å². The number of rotatable bonds is 10. The van der Waals surface area contributed by atoms with Crippen LogP contribution in [0.4, 0.5) is 5.82 Å². The predicted octanol–water partition coefficient (Wildman–Crippen LogP) is 3.61. The number of amides is 1. The molecule has 0 aliphatic rings. The van der Waals surface area contributed by atoms with E-state index in [0.29, 0.717) is 42.3 Å². The van der Waals surface area contributed by atoms with Gasteiger partial charge >= 0.3 is 5.69 Å². The molecule has 1 amide bonds. The van der Waals surface area contributed by atoms with E-state index in [2.05, 4.69) is 25.5 Å². The van der Waals surface area contributed by atoms with E-state index in [1.54, 1.807) is 6.07 Å². The monoisotopic (exact) mass is 491 g/mol. The predicted molar refractivity (Wildman–Crippen MR) is 140 cm³/mol. The summed E-state index contributed by atoms with van der Waals surface area (Å²) in [5.41, 5.74) is 2.80. The van der Waals surface area contributed by atoms with Crippen molar-refractivity contribution in [2.24, 2.45) is 5.92 Å². The fourth-order valence-corrected chi connectivity index (χ4v) is 4.32. The smallest absolute Gasteiger partial charge is 0.322 e. The average Bonchev–Trinajstić information content (AvgIpc) is 3.42. The molecule has 3 N–H and O–H groups in total. The maximum atomic E-state index is 12.8. The molecule has 0 spiro atoms. The highest BCUT2D eigenvalue weighted by Gasteiger charge is 2.20. The van der Waals surface area contributed by atoms with Crippen LogP contribution in [0.25, 0.3) is 22.4 Å². The van der Waals surface area contributed by atoms with Gasteiger partial charge in [0.05, 0.1) is 5.69 Å². The van der Waals surface area contributed by atoms with Crippen LogP contribution in [0.1, 0.15) is 51.4 Å². The van der Waals surface area contributed by atoms with Gasteiger partial charge in [-0.2, -0.15) is 5.10 Å². The first-order chi connectivity index (χ1) is 17.3. The third-order valence-electron chi connectivity index (χ3n) is 6.10. The van der Waals surface area contributed by atoms with Crippen molar-refractivity contribution in [2.45, 2.75) is 66.5 Å². The Bertz CT molecular complexity index is 1490. The number of carbonyl (C=O) groups is 1. The number of unbranched alkanes of at least 4 members (excludes halogenated alkanes) is 1. The van der Waals surface area contributed by atoms with Gasteiger partial charge in [-0.3, -0.25) is 24.2 Å². The van der Waals surface area contributed by atoms with E-state index in [1.807, 2.05) is 56.5 Å². The van der Waals surface area contributed by atoms with E-state index < -0.39 is 11.2 Å². The summed E-state index contributed by atoms with van der Waals surface area (Å²) in [5, 5.41) is 10.0. The largest absolute Gasteiger partial charge is 0.330 e. The van der Waals surface area contributed by atoms with Crippen LogP contribution >= 0.6 is 0 Å². The summed E-state index contributed by atoms with van der Waals surface area (Å²) in [6.07, 6.45) is 2.18. The Morgan fingerprint density at radius 1 is 1.17 bits per heavy atom. The molecule has 36 heavy (non-hydrogen) atoms. The number of carbonyl (C=O) groups excluding carboxylic acids is 1. The van der Waals surface area contributed by atoms with Crippen LogP contribution in [-0.4, -0.2) is 35.2 Å². The van der Waals surface area contributed by atoms with E-state index in [1.165, 1.54) is 4.57 Å². The minimum Gasteiger partial charge on any atom is -0.322 e. The Balaban J connectivity index is 1.56. The number of nitrogens with zero attached hydrogens (tertiary/aromatic N) is 4. The fourth-order valence-electron chi connectivity index (χ4n) is 4.32. The molecule has 4 aromatic rings. The van der Waals surface area contributed by atoms with Crippen molar-refractivity contribution < 1.29 is 4.79 Å². The first-order valence-corrected chi connectivity index (χ1v) is 12.4. The maximum Gasteiger partial charge on any atom is 0.330 e. The molecular formula is C26H33N7O3. The summed E-state index contributed by atoms with van der Waals surface area (Å²) >= 11 is 0. The van der Waals surface area contributed by atoms with Crippen molar-refractivity contribution in [3.05, 3.63) is 62.6 Å². The molecule has 0 aliphatic carbocycles. The number of hydrogen-bond donors (Lipinski definition) is 3. The molecule has 190 valence electrons. The van der Waals surface area contributed by atoms with Gasteiger partial charge in [0.1, 0.15) is 5.82 Å². The number of fused-ring (bicyclic) bond motifs is 1. The molecule has 10 heteroatoms. The number of nitrogens with one attached hydrogen (secondary N) is 3. The Kier molecular flexibility index (Phi) is 7.52. The summed E-state index contributed by atoms with van der Waals surface area (Å²) in [6.45, 7) is 9.19. The van der Waals surface area contributed by atoms with Gasteiger partial charge in [0.2, 0.25) is 5.91 Å². The number of aromatic nitrogens is 6. The molecule has 0 saturated carbocycles. The highest BCUT2D eigenvalue weighted by Crippen LogP contribution is 2.23. The Morgan fingerprint density at radius 3 is 2.67 bits per heavy atom. The lowest BCUT2D eigenvalue weighted by Gasteiger charge is -2.11. The number of benzene rings is 1. The second-order valence-electron chi connectivity index (χ2n) is 9.50. The first kappa shape index (κ1) is 25.2. The van der Waals surface area contributed by atoms with Crippen LogP contribution in [-0.2, 0) is 24.3 Å². The molecule has 10 nitrogen and oxygen atoms in total. The van der Waals surface area contributed by atoms with Gasteiger partial charge in [-0.25, -0.2) is 9.78 Å². The number of hydrogen-bond acceptors (Lipinski definition) is 5. The van der Waals surface area contributed by atoms with Crippen LogP contribution in [0.5, 0.6) is 0 Å². The Morgan fingerprint density at radius 2 is 1.94 bits per heavy atom. The number of imidazole rings is 1. The van der Waals surface area contributed by atoms with Gasteiger partial charge in [-0.15, -0.1) is 0 Å². The molecule has 4 rings (SSSR count). The van der Waals surface area contributed by atoms with Crippen LogP contribution in [0.3, 0.4) is 0 Å². The van der Waals surface area contributed by atoms with E-state index in [4.69, 9.17) is 0 Å². The quantitative estimate of drug-likeness (QED) is 0.312. The van der Waals surface area contributed by atoms with Gasteiger partial charge < -0.3 is 9.88 Å². The van der Waals surface area contributed by atoms with Gasteiger partial charge in [0, 0.05) is 37.6 Å². The SMILES string of the molecule is CCCCn1c(=O)[nH]c(=O)c2c1nc(CCC(=O)Nc1cc(-c3ccccc3C)[nH]n1)n2CC(C)C. The highest BCUT2D eigenvalue weighted by molar-refractivity contribution is 5.90. The number of aromatic amines is 2. The Hall–Kier alpha value is -3.95. The maximum absolute atomic E-state index is 12.8. The van der Waals surface area contributed by atoms with Crippen molar-refractivity contribution in [2.75, 3.05) is 5.32 Å². The molecule has 0 radical (unpaired) electrons. The van der Waals surface area contributed by atoms with Crippen molar-refractivity contribution in [1.82, 2.24) is 29.3 Å². The second-order valence-corrected chi connectivity index (χ2v) is 9.50. The molecule has 0 unspecified atom stereocenters. The molecule has 1 aromatic carbocycles. The molecule has 3 heterocycles. The van der Waals surface area contributed by atoms with E-state index in [-0.39, 0.29) is 18.2 Å². The first-order valence-electron chi connectivity index (χ1n) is 12.4. The van der Waals surface area contributed by atoms with E-state index >= 15 is 0 Å².